The van der Waals surface area contributed by atoms with Crippen LogP contribution in [-0.2, 0) is 0 Å². The molecule has 0 saturated carbocycles. The highest BCUT2D eigenvalue weighted by molar-refractivity contribution is 5.76. The summed E-state index contributed by atoms with van der Waals surface area (Å²) in [5, 5.41) is 8.37. The second kappa shape index (κ2) is 6.46. The van der Waals surface area contributed by atoms with Gasteiger partial charge in [0.2, 0.25) is 0 Å². The second-order valence-electron chi connectivity index (χ2n) is 3.14. The number of rotatable bonds is 6. The van der Waals surface area contributed by atoms with Gasteiger partial charge in [0.1, 0.15) is 6.29 Å². The van der Waals surface area contributed by atoms with E-state index >= 15 is 0 Å². The second-order valence-corrected chi connectivity index (χ2v) is 3.14. The molecule has 0 amide bonds. The first kappa shape index (κ1) is 12.1. The van der Waals surface area contributed by atoms with Crippen molar-refractivity contribution in [1.29, 1.82) is 5.26 Å². The lowest BCUT2D eigenvalue weighted by Crippen LogP contribution is -1.99. The number of hydrogen-bond acceptors (Lipinski definition) is 4. The van der Waals surface area contributed by atoms with Gasteiger partial charge in [0.15, 0.2) is 11.5 Å². The van der Waals surface area contributed by atoms with Crippen LogP contribution in [0.5, 0.6) is 11.5 Å². The number of ether oxygens (including phenoxy) is 2. The standard InChI is InChI=1S/C12H13NO3/c1-15-11-5-4-10(9-14)8-12(11)16-7-3-2-6-13/h4-5,8-9H,2-3,7H2,1H3. The number of carbonyl (C=O) groups is 1. The van der Waals surface area contributed by atoms with Crippen LogP contribution >= 0.6 is 0 Å². The highest BCUT2D eigenvalue weighted by atomic mass is 16.5. The highest BCUT2D eigenvalue weighted by Gasteiger charge is 2.05. The number of hydrogen-bond donors (Lipinski definition) is 0. The quantitative estimate of drug-likeness (QED) is 0.543. The van der Waals surface area contributed by atoms with Gasteiger partial charge in [-0.05, 0) is 24.6 Å². The molecule has 0 aliphatic rings. The van der Waals surface area contributed by atoms with E-state index < -0.39 is 0 Å². The lowest BCUT2D eigenvalue weighted by molar-refractivity contribution is 0.112. The fourth-order valence-corrected chi connectivity index (χ4v) is 1.21. The van der Waals surface area contributed by atoms with Crippen LogP contribution in [0.4, 0.5) is 0 Å². The summed E-state index contributed by atoms with van der Waals surface area (Å²) in [6, 6.07) is 7.01. The third-order valence-electron chi connectivity index (χ3n) is 2.01. The Labute approximate surface area is 94.4 Å². The summed E-state index contributed by atoms with van der Waals surface area (Å²) in [5.74, 6) is 1.12. The van der Waals surface area contributed by atoms with E-state index in [1.165, 1.54) is 7.11 Å². The Morgan fingerprint density at radius 2 is 2.25 bits per heavy atom. The van der Waals surface area contributed by atoms with Crippen molar-refractivity contribution < 1.29 is 14.3 Å². The topological polar surface area (TPSA) is 59.3 Å². The van der Waals surface area contributed by atoms with E-state index in [0.717, 1.165) is 6.29 Å². The summed E-state index contributed by atoms with van der Waals surface area (Å²) >= 11 is 0. The van der Waals surface area contributed by atoms with Crippen molar-refractivity contribution in [1.82, 2.24) is 0 Å². The number of aldehydes is 1. The summed E-state index contributed by atoms with van der Waals surface area (Å²) in [4.78, 5) is 10.6. The molecule has 16 heavy (non-hydrogen) atoms. The van der Waals surface area contributed by atoms with Gasteiger partial charge in [-0.1, -0.05) is 0 Å². The van der Waals surface area contributed by atoms with Crippen molar-refractivity contribution in [2.75, 3.05) is 13.7 Å². The van der Waals surface area contributed by atoms with Crippen LogP contribution in [0, 0.1) is 11.3 Å². The van der Waals surface area contributed by atoms with Gasteiger partial charge >= 0.3 is 0 Å². The molecule has 0 unspecified atom stereocenters. The van der Waals surface area contributed by atoms with Gasteiger partial charge in [-0.3, -0.25) is 4.79 Å². The number of methoxy groups -OCH3 is 1. The van der Waals surface area contributed by atoms with Crippen molar-refractivity contribution in [3.63, 3.8) is 0 Å². The number of benzene rings is 1. The van der Waals surface area contributed by atoms with E-state index in [-0.39, 0.29) is 0 Å². The molecule has 0 radical (unpaired) electrons. The highest BCUT2D eigenvalue weighted by Crippen LogP contribution is 2.27. The summed E-state index contributed by atoms with van der Waals surface area (Å²) in [6.45, 7) is 0.437. The summed E-state index contributed by atoms with van der Waals surface area (Å²) in [7, 11) is 1.54. The Balaban J connectivity index is 2.68. The number of carbonyl (C=O) groups excluding carboxylic acids is 1. The average Bonchev–Trinajstić information content (AvgIpc) is 2.34. The molecule has 0 fully saturated rings. The lowest BCUT2D eigenvalue weighted by atomic mass is 10.2. The van der Waals surface area contributed by atoms with E-state index in [4.69, 9.17) is 14.7 Å². The van der Waals surface area contributed by atoms with Gasteiger partial charge in [0.25, 0.3) is 0 Å². The molecule has 1 rings (SSSR count). The normalized spacial score (nSPS) is 9.25. The van der Waals surface area contributed by atoms with Crippen molar-refractivity contribution in [2.24, 2.45) is 0 Å². The molecule has 0 aliphatic carbocycles. The number of nitrogens with zero attached hydrogens (tertiary/aromatic N) is 1. The monoisotopic (exact) mass is 219 g/mol. The number of nitriles is 1. The smallest absolute Gasteiger partial charge is 0.161 e. The third kappa shape index (κ3) is 3.28. The molecule has 0 heterocycles. The molecular formula is C12H13NO3. The minimum Gasteiger partial charge on any atom is -0.493 e. The summed E-state index contributed by atoms with van der Waals surface area (Å²) < 4.78 is 10.5. The molecule has 84 valence electrons. The van der Waals surface area contributed by atoms with Crippen LogP contribution in [0.1, 0.15) is 23.2 Å². The van der Waals surface area contributed by atoms with Gasteiger partial charge in [0.05, 0.1) is 19.8 Å². The largest absolute Gasteiger partial charge is 0.493 e. The van der Waals surface area contributed by atoms with E-state index in [1.807, 2.05) is 6.07 Å². The SMILES string of the molecule is COc1ccc(C=O)cc1OCCCC#N. The molecule has 0 spiro atoms. The third-order valence-corrected chi connectivity index (χ3v) is 2.01. The molecule has 1 aromatic carbocycles. The van der Waals surface area contributed by atoms with Crippen LogP contribution in [0.2, 0.25) is 0 Å². The molecule has 0 bridgehead atoms. The van der Waals surface area contributed by atoms with E-state index in [0.29, 0.717) is 36.5 Å². The van der Waals surface area contributed by atoms with E-state index in [1.54, 1.807) is 18.2 Å². The Bertz CT molecular complexity index is 396. The molecule has 0 aliphatic heterocycles. The van der Waals surface area contributed by atoms with Crippen LogP contribution in [0.25, 0.3) is 0 Å². The average molecular weight is 219 g/mol. The molecule has 0 N–H and O–H groups in total. The Morgan fingerprint density at radius 1 is 1.44 bits per heavy atom. The molecular weight excluding hydrogens is 206 g/mol. The van der Waals surface area contributed by atoms with Crippen LogP contribution in [0.15, 0.2) is 18.2 Å². The maximum absolute atomic E-state index is 10.6. The fraction of sp³-hybridized carbons (Fsp3) is 0.333. The van der Waals surface area contributed by atoms with Crippen molar-refractivity contribution in [3.05, 3.63) is 23.8 Å². The van der Waals surface area contributed by atoms with Crippen LogP contribution in [0.3, 0.4) is 0 Å². The molecule has 0 saturated heterocycles. The molecule has 0 aromatic heterocycles. The van der Waals surface area contributed by atoms with E-state index in [9.17, 15) is 4.79 Å². The minimum absolute atomic E-state index is 0.437. The van der Waals surface area contributed by atoms with Gasteiger partial charge in [-0.25, -0.2) is 0 Å². The fourth-order valence-electron chi connectivity index (χ4n) is 1.21. The van der Waals surface area contributed by atoms with Gasteiger partial charge in [-0.2, -0.15) is 5.26 Å². The van der Waals surface area contributed by atoms with Gasteiger partial charge in [-0.15, -0.1) is 0 Å². The van der Waals surface area contributed by atoms with E-state index in [2.05, 4.69) is 0 Å². The maximum atomic E-state index is 10.6. The predicted molar refractivity (Wildman–Crippen MR) is 58.7 cm³/mol. The Hall–Kier alpha value is -2.02. The first-order valence-corrected chi connectivity index (χ1v) is 4.94. The Morgan fingerprint density at radius 3 is 2.88 bits per heavy atom. The van der Waals surface area contributed by atoms with Crippen molar-refractivity contribution in [2.45, 2.75) is 12.8 Å². The molecule has 1 aromatic rings. The summed E-state index contributed by atoms with van der Waals surface area (Å²) in [6.07, 6.45) is 1.86. The predicted octanol–water partition coefficient (Wildman–Crippen LogP) is 2.19. The van der Waals surface area contributed by atoms with Gasteiger partial charge in [0, 0.05) is 12.0 Å². The zero-order valence-electron chi connectivity index (χ0n) is 9.10. The van der Waals surface area contributed by atoms with Crippen molar-refractivity contribution >= 4 is 6.29 Å². The zero-order chi connectivity index (χ0) is 11.8. The lowest BCUT2D eigenvalue weighted by Gasteiger charge is -2.10. The van der Waals surface area contributed by atoms with Crippen LogP contribution < -0.4 is 9.47 Å². The minimum atomic E-state index is 0.437. The zero-order valence-corrected chi connectivity index (χ0v) is 9.10. The van der Waals surface area contributed by atoms with Crippen molar-refractivity contribution in [3.8, 4) is 17.6 Å². The Kier molecular flexibility index (Phi) is 4.87. The first-order valence-electron chi connectivity index (χ1n) is 4.94. The van der Waals surface area contributed by atoms with Gasteiger partial charge < -0.3 is 9.47 Å². The molecule has 0 atom stereocenters. The maximum Gasteiger partial charge on any atom is 0.161 e. The number of unbranched alkanes of at least 4 members (excludes halogenated alkanes) is 1. The summed E-state index contributed by atoms with van der Waals surface area (Å²) in [5.41, 5.74) is 0.538. The molecule has 4 nitrogen and oxygen atoms in total. The first-order chi connectivity index (χ1) is 7.81. The van der Waals surface area contributed by atoms with Crippen LogP contribution in [-0.4, -0.2) is 20.0 Å². The molecule has 4 heteroatoms.